The lowest BCUT2D eigenvalue weighted by atomic mass is 9.83. The Morgan fingerprint density at radius 1 is 1.00 bits per heavy atom. The van der Waals surface area contributed by atoms with Gasteiger partial charge in [-0.3, -0.25) is 9.59 Å². The van der Waals surface area contributed by atoms with Gasteiger partial charge in [-0.2, -0.15) is 0 Å². The van der Waals surface area contributed by atoms with E-state index in [-0.39, 0.29) is 23.9 Å². The molecule has 2 N–H and O–H groups in total. The monoisotopic (exact) mass is 545 g/mol. The molecule has 1 aliphatic carbocycles. The van der Waals surface area contributed by atoms with Crippen molar-refractivity contribution in [3.05, 3.63) is 82.9 Å². The average Bonchev–Trinajstić information content (AvgIpc) is 3.13. The molecule has 3 aromatic carbocycles. The van der Waals surface area contributed by atoms with E-state index in [1.807, 2.05) is 42.5 Å². The normalized spacial score (nSPS) is 21.5. The maximum absolute atomic E-state index is 13.9. The van der Waals surface area contributed by atoms with E-state index in [4.69, 9.17) is 11.6 Å². The first-order valence-electron chi connectivity index (χ1n) is 14.6. The maximum Gasteiger partial charge on any atom is 0.251 e. The zero-order valence-corrected chi connectivity index (χ0v) is 23.6. The fourth-order valence-electron chi connectivity index (χ4n) is 6.31. The lowest BCUT2D eigenvalue weighted by molar-refractivity contribution is -0.134. The zero-order chi connectivity index (χ0) is 27.2. The summed E-state index contributed by atoms with van der Waals surface area (Å²) in [6.07, 6.45) is 7.62. The zero-order valence-electron chi connectivity index (χ0n) is 22.9. The standard InChI is InChI=1S/C33H40ClN3O2/c1-2-23(24-9-5-3-6-10-24)22-37-18-17-30(36-31(33(37)39)25-11-7-4-8-12-25)21-35-32(38)28-14-13-27-20-29(34)16-15-26(27)19-28/h3,5-6,9-10,13-16,19-20,23,25,30-31,36H,2,4,7-8,11-12,17-18,21-22H2,1H3,(H,35,38)/t23-,30?,31?/m1/s1. The molecule has 3 aromatic rings. The molecule has 0 aromatic heterocycles. The van der Waals surface area contributed by atoms with Gasteiger partial charge in [-0.05, 0) is 72.2 Å². The molecule has 5 nitrogen and oxygen atoms in total. The van der Waals surface area contributed by atoms with E-state index < -0.39 is 0 Å². The highest BCUT2D eigenvalue weighted by atomic mass is 35.5. The Labute approximate surface area is 237 Å². The lowest BCUT2D eigenvalue weighted by Crippen LogP contribution is -2.53. The molecular weight excluding hydrogens is 506 g/mol. The predicted molar refractivity (Wildman–Crippen MR) is 159 cm³/mol. The number of hydrogen-bond acceptors (Lipinski definition) is 3. The van der Waals surface area contributed by atoms with Crippen molar-refractivity contribution in [2.75, 3.05) is 19.6 Å². The van der Waals surface area contributed by atoms with Crippen molar-refractivity contribution in [3.63, 3.8) is 0 Å². The molecule has 0 spiro atoms. The molecule has 1 saturated carbocycles. The summed E-state index contributed by atoms with van der Waals surface area (Å²) in [6.45, 7) is 4.15. The Bertz CT molecular complexity index is 1270. The third-order valence-corrected chi connectivity index (χ3v) is 8.87. The highest BCUT2D eigenvalue weighted by Gasteiger charge is 2.37. The third kappa shape index (κ3) is 6.82. The van der Waals surface area contributed by atoms with Crippen LogP contribution >= 0.6 is 11.6 Å². The summed E-state index contributed by atoms with van der Waals surface area (Å²) >= 11 is 6.11. The van der Waals surface area contributed by atoms with Gasteiger partial charge in [0.15, 0.2) is 0 Å². The van der Waals surface area contributed by atoms with E-state index in [0.29, 0.717) is 35.5 Å². The lowest BCUT2D eigenvalue weighted by Gasteiger charge is -2.34. The van der Waals surface area contributed by atoms with Crippen LogP contribution in [0.5, 0.6) is 0 Å². The number of rotatable bonds is 8. The summed E-state index contributed by atoms with van der Waals surface area (Å²) < 4.78 is 0. The molecule has 5 rings (SSSR count). The maximum atomic E-state index is 13.9. The quantitative estimate of drug-likeness (QED) is 0.337. The molecular formula is C33H40ClN3O2. The average molecular weight is 546 g/mol. The summed E-state index contributed by atoms with van der Waals surface area (Å²) in [5.41, 5.74) is 1.93. The summed E-state index contributed by atoms with van der Waals surface area (Å²) in [6, 6.07) is 21.8. The number of hydrogen-bond donors (Lipinski definition) is 2. The number of carbonyl (C=O) groups is 2. The van der Waals surface area contributed by atoms with Crippen molar-refractivity contribution in [2.24, 2.45) is 5.92 Å². The first-order chi connectivity index (χ1) is 19.0. The van der Waals surface area contributed by atoms with Crippen LogP contribution in [-0.2, 0) is 4.79 Å². The summed E-state index contributed by atoms with van der Waals surface area (Å²) in [7, 11) is 0. The van der Waals surface area contributed by atoms with E-state index in [9.17, 15) is 9.59 Å². The number of benzene rings is 3. The molecule has 2 aliphatic rings. The van der Waals surface area contributed by atoms with Crippen LogP contribution in [0.1, 0.15) is 73.7 Å². The van der Waals surface area contributed by atoms with Crippen LogP contribution < -0.4 is 10.6 Å². The van der Waals surface area contributed by atoms with E-state index in [0.717, 1.165) is 43.0 Å². The molecule has 206 valence electrons. The van der Waals surface area contributed by atoms with Crippen LogP contribution in [-0.4, -0.2) is 48.4 Å². The molecule has 6 heteroatoms. The van der Waals surface area contributed by atoms with E-state index >= 15 is 0 Å². The van der Waals surface area contributed by atoms with Gasteiger partial charge in [0.25, 0.3) is 5.91 Å². The second-order valence-corrected chi connectivity index (χ2v) is 11.7. The minimum Gasteiger partial charge on any atom is -0.350 e. The first-order valence-corrected chi connectivity index (χ1v) is 15.0. The second kappa shape index (κ2) is 13.0. The number of carbonyl (C=O) groups excluding carboxylic acids is 2. The van der Waals surface area contributed by atoms with Crippen molar-refractivity contribution in [3.8, 4) is 0 Å². The second-order valence-electron chi connectivity index (χ2n) is 11.2. The van der Waals surface area contributed by atoms with Crippen molar-refractivity contribution < 1.29 is 9.59 Å². The smallest absolute Gasteiger partial charge is 0.251 e. The largest absolute Gasteiger partial charge is 0.350 e. The van der Waals surface area contributed by atoms with Gasteiger partial charge in [-0.1, -0.05) is 80.3 Å². The van der Waals surface area contributed by atoms with Gasteiger partial charge in [-0.15, -0.1) is 0 Å². The van der Waals surface area contributed by atoms with Crippen molar-refractivity contribution in [1.82, 2.24) is 15.5 Å². The van der Waals surface area contributed by atoms with Gasteiger partial charge in [0.1, 0.15) is 0 Å². The van der Waals surface area contributed by atoms with Gasteiger partial charge in [-0.25, -0.2) is 0 Å². The Hall–Kier alpha value is -2.89. The Morgan fingerprint density at radius 2 is 1.74 bits per heavy atom. The SMILES string of the molecule is CC[C@H](CN1CCC(CNC(=O)c2ccc3cc(Cl)ccc3c2)NC(C2CCCCC2)C1=O)c1ccccc1. The molecule has 2 amide bonds. The molecule has 1 saturated heterocycles. The van der Waals surface area contributed by atoms with Crippen LogP contribution in [0.2, 0.25) is 5.02 Å². The number of halogens is 1. The number of nitrogens with one attached hydrogen (secondary N) is 2. The Kier molecular flexibility index (Phi) is 9.21. The molecule has 2 fully saturated rings. The van der Waals surface area contributed by atoms with Crippen molar-refractivity contribution in [1.29, 1.82) is 0 Å². The van der Waals surface area contributed by atoms with Crippen LogP contribution in [0.25, 0.3) is 10.8 Å². The number of amides is 2. The van der Waals surface area contributed by atoms with Gasteiger partial charge in [0, 0.05) is 42.2 Å². The molecule has 0 bridgehead atoms. The first kappa shape index (κ1) is 27.7. The van der Waals surface area contributed by atoms with E-state index in [2.05, 4.69) is 46.7 Å². The van der Waals surface area contributed by atoms with Crippen LogP contribution in [0.15, 0.2) is 66.7 Å². The van der Waals surface area contributed by atoms with Crippen LogP contribution in [0, 0.1) is 5.92 Å². The molecule has 2 unspecified atom stereocenters. The summed E-state index contributed by atoms with van der Waals surface area (Å²) in [5.74, 6) is 0.819. The topological polar surface area (TPSA) is 61.4 Å². The molecule has 0 radical (unpaired) electrons. The van der Waals surface area contributed by atoms with Crippen molar-refractivity contribution in [2.45, 2.75) is 69.9 Å². The van der Waals surface area contributed by atoms with Gasteiger partial charge in [0.05, 0.1) is 6.04 Å². The highest BCUT2D eigenvalue weighted by molar-refractivity contribution is 6.31. The molecule has 1 heterocycles. The van der Waals surface area contributed by atoms with Crippen LogP contribution in [0.3, 0.4) is 0 Å². The van der Waals surface area contributed by atoms with Crippen molar-refractivity contribution >= 4 is 34.2 Å². The summed E-state index contributed by atoms with van der Waals surface area (Å²) in [5, 5.41) is 9.55. The minimum absolute atomic E-state index is 0.0471. The summed E-state index contributed by atoms with van der Waals surface area (Å²) in [4.78, 5) is 29.1. The van der Waals surface area contributed by atoms with Gasteiger partial charge < -0.3 is 15.5 Å². The molecule has 39 heavy (non-hydrogen) atoms. The molecule has 3 atom stereocenters. The fourth-order valence-corrected chi connectivity index (χ4v) is 6.49. The van der Waals surface area contributed by atoms with Crippen LogP contribution in [0.4, 0.5) is 0 Å². The molecule has 1 aliphatic heterocycles. The Morgan fingerprint density at radius 3 is 2.51 bits per heavy atom. The number of nitrogens with zero attached hydrogens (tertiary/aromatic N) is 1. The van der Waals surface area contributed by atoms with Gasteiger partial charge >= 0.3 is 0 Å². The Balaban J connectivity index is 1.28. The van der Waals surface area contributed by atoms with Gasteiger partial charge in [0.2, 0.25) is 5.91 Å². The number of fused-ring (bicyclic) bond motifs is 1. The third-order valence-electron chi connectivity index (χ3n) is 8.64. The predicted octanol–water partition coefficient (Wildman–Crippen LogP) is 6.56. The fraction of sp³-hybridized carbons (Fsp3) is 0.455. The van der Waals surface area contributed by atoms with E-state index in [1.54, 1.807) is 0 Å². The highest BCUT2D eigenvalue weighted by Crippen LogP contribution is 2.30. The minimum atomic E-state index is -0.187. The van der Waals surface area contributed by atoms with E-state index in [1.165, 1.54) is 24.8 Å².